The van der Waals surface area contributed by atoms with E-state index in [-0.39, 0.29) is 11.0 Å². The van der Waals surface area contributed by atoms with Gasteiger partial charge in [-0.15, -0.1) is 0 Å². The van der Waals surface area contributed by atoms with Crippen molar-refractivity contribution in [1.29, 1.82) is 0 Å². The molecule has 0 fully saturated rings. The number of nitrogens with zero attached hydrogens (tertiary/aromatic N) is 1. The quantitative estimate of drug-likeness (QED) is 0.663. The predicted molar refractivity (Wildman–Crippen MR) is 55.4 cm³/mol. The van der Waals surface area contributed by atoms with E-state index in [0.29, 0.717) is 5.52 Å². The van der Waals surface area contributed by atoms with Gasteiger partial charge in [-0.25, -0.2) is 4.98 Å². The highest BCUT2D eigenvalue weighted by atomic mass is 16.1. The second-order valence-electron chi connectivity index (χ2n) is 4.40. The minimum atomic E-state index is -0.120. The number of pyridine rings is 1. The number of hydrogen-bond donors (Lipinski definition) is 2. The molecular weight excluding hydrogens is 178 g/mol. The summed E-state index contributed by atoms with van der Waals surface area (Å²) in [5.74, 6) is 0.837. The van der Waals surface area contributed by atoms with Crippen LogP contribution in [0.25, 0.3) is 11.0 Å². The minimum absolute atomic E-state index is 0.0640. The predicted octanol–water partition coefficient (Wildman–Crippen LogP) is 1.55. The molecule has 0 aliphatic rings. The van der Waals surface area contributed by atoms with E-state index in [1.54, 1.807) is 12.3 Å². The Labute approximate surface area is 81.4 Å². The lowest BCUT2D eigenvalue weighted by Crippen LogP contribution is -2.13. The molecule has 2 rings (SSSR count). The standard InChI is InChI=1S/C10H13N3O/c1-10(2,3)9-12-6-4-5-11-8(14)7(6)13-9/h4-5H,1-3H3,(H,11,14)(H,12,13). The summed E-state index contributed by atoms with van der Waals surface area (Å²) in [5, 5.41) is 0. The van der Waals surface area contributed by atoms with E-state index in [1.807, 2.05) is 0 Å². The highest BCUT2D eigenvalue weighted by Gasteiger charge is 2.18. The molecule has 4 nitrogen and oxygen atoms in total. The summed E-state index contributed by atoms with van der Waals surface area (Å²) in [7, 11) is 0. The van der Waals surface area contributed by atoms with E-state index in [2.05, 4.69) is 35.7 Å². The zero-order valence-corrected chi connectivity index (χ0v) is 8.51. The number of aromatic amines is 2. The van der Waals surface area contributed by atoms with Gasteiger partial charge in [-0.2, -0.15) is 0 Å². The Morgan fingerprint density at radius 2 is 2.07 bits per heavy atom. The summed E-state index contributed by atoms with van der Waals surface area (Å²) in [6.45, 7) is 6.16. The van der Waals surface area contributed by atoms with Crippen molar-refractivity contribution in [3.05, 3.63) is 28.4 Å². The van der Waals surface area contributed by atoms with Crippen LogP contribution in [0.2, 0.25) is 0 Å². The average molecular weight is 191 g/mol. The summed E-state index contributed by atoms with van der Waals surface area (Å²) in [6.07, 6.45) is 1.61. The number of rotatable bonds is 0. The van der Waals surface area contributed by atoms with Gasteiger partial charge >= 0.3 is 0 Å². The molecule has 2 heterocycles. The third kappa shape index (κ3) is 1.32. The molecule has 0 amide bonds. The van der Waals surface area contributed by atoms with E-state index in [1.165, 1.54) is 0 Å². The first kappa shape index (κ1) is 8.99. The fourth-order valence-corrected chi connectivity index (χ4v) is 1.30. The maximum absolute atomic E-state index is 11.4. The van der Waals surface area contributed by atoms with Gasteiger partial charge in [-0.3, -0.25) is 4.79 Å². The summed E-state index contributed by atoms with van der Waals surface area (Å²) >= 11 is 0. The number of H-pyrrole nitrogens is 2. The molecule has 2 aromatic heterocycles. The number of nitrogens with one attached hydrogen (secondary N) is 2. The van der Waals surface area contributed by atoms with E-state index in [9.17, 15) is 4.79 Å². The summed E-state index contributed by atoms with van der Waals surface area (Å²) in [5.41, 5.74) is 1.09. The first-order valence-corrected chi connectivity index (χ1v) is 4.56. The fourth-order valence-electron chi connectivity index (χ4n) is 1.30. The van der Waals surface area contributed by atoms with Crippen LogP contribution >= 0.6 is 0 Å². The van der Waals surface area contributed by atoms with Crippen molar-refractivity contribution >= 4 is 11.0 Å². The van der Waals surface area contributed by atoms with Crippen LogP contribution in [-0.4, -0.2) is 15.0 Å². The molecule has 0 radical (unpaired) electrons. The number of aromatic nitrogens is 3. The highest BCUT2D eigenvalue weighted by molar-refractivity contribution is 5.73. The molecule has 2 aromatic rings. The molecule has 0 atom stereocenters. The molecule has 0 saturated heterocycles. The number of imidazole rings is 1. The van der Waals surface area contributed by atoms with Gasteiger partial charge < -0.3 is 9.97 Å². The van der Waals surface area contributed by atoms with Crippen LogP contribution in [-0.2, 0) is 5.41 Å². The van der Waals surface area contributed by atoms with Crippen molar-refractivity contribution in [2.45, 2.75) is 26.2 Å². The Morgan fingerprint density at radius 1 is 1.36 bits per heavy atom. The minimum Gasteiger partial charge on any atom is -0.337 e. The van der Waals surface area contributed by atoms with Crippen LogP contribution in [0.5, 0.6) is 0 Å². The van der Waals surface area contributed by atoms with Crippen LogP contribution in [0.4, 0.5) is 0 Å². The van der Waals surface area contributed by atoms with E-state index >= 15 is 0 Å². The molecular formula is C10H13N3O. The molecule has 0 spiro atoms. The zero-order chi connectivity index (χ0) is 10.3. The number of hydrogen-bond acceptors (Lipinski definition) is 2. The van der Waals surface area contributed by atoms with Crippen molar-refractivity contribution in [1.82, 2.24) is 15.0 Å². The topological polar surface area (TPSA) is 61.5 Å². The highest BCUT2D eigenvalue weighted by Crippen LogP contribution is 2.20. The van der Waals surface area contributed by atoms with Gasteiger partial charge in [0.05, 0.1) is 5.52 Å². The third-order valence-electron chi connectivity index (χ3n) is 2.12. The molecule has 14 heavy (non-hydrogen) atoms. The second kappa shape index (κ2) is 2.70. The monoisotopic (exact) mass is 191 g/mol. The zero-order valence-electron chi connectivity index (χ0n) is 8.51. The van der Waals surface area contributed by atoms with Gasteiger partial charge in [0.2, 0.25) is 0 Å². The normalized spacial score (nSPS) is 12.2. The van der Waals surface area contributed by atoms with Crippen molar-refractivity contribution in [2.24, 2.45) is 0 Å². The maximum Gasteiger partial charge on any atom is 0.273 e. The molecule has 2 N–H and O–H groups in total. The maximum atomic E-state index is 11.4. The Hall–Kier alpha value is -1.58. The lowest BCUT2D eigenvalue weighted by atomic mass is 9.96. The summed E-state index contributed by atoms with van der Waals surface area (Å²) < 4.78 is 0. The smallest absolute Gasteiger partial charge is 0.273 e. The first-order valence-electron chi connectivity index (χ1n) is 4.56. The molecule has 0 aliphatic carbocycles. The van der Waals surface area contributed by atoms with E-state index in [4.69, 9.17) is 0 Å². The largest absolute Gasteiger partial charge is 0.337 e. The molecule has 0 aliphatic heterocycles. The second-order valence-corrected chi connectivity index (χ2v) is 4.40. The fraction of sp³-hybridized carbons (Fsp3) is 0.400. The van der Waals surface area contributed by atoms with Gasteiger partial charge in [0.15, 0.2) is 0 Å². The van der Waals surface area contributed by atoms with Crippen LogP contribution in [0.1, 0.15) is 26.6 Å². The molecule has 0 saturated carbocycles. The van der Waals surface area contributed by atoms with E-state index in [0.717, 1.165) is 11.3 Å². The molecule has 0 aromatic carbocycles. The first-order chi connectivity index (χ1) is 6.48. The molecule has 4 heteroatoms. The van der Waals surface area contributed by atoms with E-state index < -0.39 is 0 Å². The third-order valence-corrected chi connectivity index (χ3v) is 2.12. The van der Waals surface area contributed by atoms with Gasteiger partial charge in [-0.05, 0) is 6.07 Å². The molecule has 74 valence electrons. The van der Waals surface area contributed by atoms with Gasteiger partial charge in [0.1, 0.15) is 11.3 Å². The Bertz CT molecular complexity index is 516. The average Bonchev–Trinajstić information content (AvgIpc) is 2.48. The van der Waals surface area contributed by atoms with Crippen molar-refractivity contribution in [3.8, 4) is 0 Å². The Kier molecular flexibility index (Phi) is 1.74. The van der Waals surface area contributed by atoms with Gasteiger partial charge in [0, 0.05) is 11.6 Å². The summed E-state index contributed by atoms with van der Waals surface area (Å²) in [4.78, 5) is 21.4. The lowest BCUT2D eigenvalue weighted by molar-refractivity contribution is 0.554. The molecule has 0 unspecified atom stereocenters. The van der Waals surface area contributed by atoms with Gasteiger partial charge in [-0.1, -0.05) is 20.8 Å². The summed E-state index contributed by atoms with van der Waals surface area (Å²) in [6, 6.07) is 1.79. The number of fused-ring (bicyclic) bond motifs is 1. The van der Waals surface area contributed by atoms with Crippen LogP contribution < -0.4 is 5.56 Å². The van der Waals surface area contributed by atoms with Crippen molar-refractivity contribution in [2.75, 3.05) is 0 Å². The van der Waals surface area contributed by atoms with Crippen LogP contribution in [0.3, 0.4) is 0 Å². The Morgan fingerprint density at radius 3 is 2.64 bits per heavy atom. The SMILES string of the molecule is CC(C)(C)c1nc2cc[nH]c(=O)c2[nH]1. The van der Waals surface area contributed by atoms with Gasteiger partial charge in [0.25, 0.3) is 5.56 Å². The molecule has 0 bridgehead atoms. The van der Waals surface area contributed by atoms with Crippen LogP contribution in [0, 0.1) is 0 Å². The van der Waals surface area contributed by atoms with Crippen LogP contribution in [0.15, 0.2) is 17.1 Å². The van der Waals surface area contributed by atoms with Crippen molar-refractivity contribution in [3.63, 3.8) is 0 Å². The lowest BCUT2D eigenvalue weighted by Gasteiger charge is -2.13. The Balaban J connectivity index is 2.75. The van der Waals surface area contributed by atoms with Crippen molar-refractivity contribution < 1.29 is 0 Å².